The number of hydrogen-bond acceptors (Lipinski definition) is 3. The van der Waals surface area contributed by atoms with Gasteiger partial charge in [0.1, 0.15) is 0 Å². The Morgan fingerprint density at radius 1 is 1.50 bits per heavy atom. The van der Waals surface area contributed by atoms with E-state index in [2.05, 4.69) is 15.9 Å². The van der Waals surface area contributed by atoms with E-state index in [0.717, 1.165) is 5.56 Å². The van der Waals surface area contributed by atoms with Crippen LogP contribution in [0.1, 0.15) is 18.9 Å². The lowest BCUT2D eigenvalue weighted by Crippen LogP contribution is -2.36. The van der Waals surface area contributed by atoms with Gasteiger partial charge in [0, 0.05) is 30.0 Å². The van der Waals surface area contributed by atoms with Crippen LogP contribution >= 0.6 is 27.5 Å². The molecule has 1 saturated heterocycles. The average molecular weight is 383 g/mol. The van der Waals surface area contributed by atoms with E-state index >= 15 is 0 Å². The van der Waals surface area contributed by atoms with Gasteiger partial charge in [0.25, 0.3) is 0 Å². The number of halogens is 2. The molecular formula is C13H17BrClNO3S. The molecule has 0 aromatic heterocycles. The quantitative estimate of drug-likeness (QED) is 0.755. The molecule has 20 heavy (non-hydrogen) atoms. The van der Waals surface area contributed by atoms with Crippen LogP contribution in [-0.4, -0.2) is 38.5 Å². The van der Waals surface area contributed by atoms with Gasteiger partial charge in [-0.05, 0) is 47.0 Å². The second kappa shape index (κ2) is 6.75. The molecule has 1 fully saturated rings. The van der Waals surface area contributed by atoms with Crippen molar-refractivity contribution in [3.8, 4) is 0 Å². The maximum Gasteiger partial charge on any atom is 0.244 e. The molecule has 0 spiro atoms. The Morgan fingerprint density at radius 3 is 2.95 bits per heavy atom. The third kappa shape index (κ3) is 3.54. The summed E-state index contributed by atoms with van der Waals surface area (Å²) >= 11 is 9.11. The van der Waals surface area contributed by atoms with Gasteiger partial charge in [0.05, 0.1) is 11.0 Å². The minimum Gasteiger partial charge on any atom is -0.377 e. The van der Waals surface area contributed by atoms with Gasteiger partial charge in [-0.25, -0.2) is 8.42 Å². The predicted octanol–water partition coefficient (Wildman–Crippen LogP) is 2.99. The largest absolute Gasteiger partial charge is 0.377 e. The number of rotatable bonds is 3. The highest BCUT2D eigenvalue weighted by Crippen LogP contribution is 2.28. The highest BCUT2D eigenvalue weighted by atomic mass is 79.9. The summed E-state index contributed by atoms with van der Waals surface area (Å²) in [5, 5.41) is 0. The van der Waals surface area contributed by atoms with Crippen LogP contribution in [-0.2, 0) is 20.6 Å². The van der Waals surface area contributed by atoms with Crippen molar-refractivity contribution in [2.45, 2.75) is 30.2 Å². The van der Waals surface area contributed by atoms with Crippen LogP contribution in [0.4, 0.5) is 0 Å². The summed E-state index contributed by atoms with van der Waals surface area (Å²) in [7, 11) is -3.53. The molecule has 112 valence electrons. The van der Waals surface area contributed by atoms with Gasteiger partial charge in [-0.2, -0.15) is 4.31 Å². The highest BCUT2D eigenvalue weighted by Gasteiger charge is 2.29. The molecule has 2 rings (SSSR count). The molecule has 7 heteroatoms. The van der Waals surface area contributed by atoms with Crippen LogP contribution in [0.3, 0.4) is 0 Å². The molecule has 0 radical (unpaired) electrons. The van der Waals surface area contributed by atoms with Crippen molar-refractivity contribution in [1.82, 2.24) is 4.31 Å². The van der Waals surface area contributed by atoms with E-state index in [0.29, 0.717) is 30.6 Å². The van der Waals surface area contributed by atoms with Crippen molar-refractivity contribution in [3.05, 3.63) is 28.2 Å². The Labute approximate surface area is 133 Å². The molecule has 1 aromatic carbocycles. The van der Waals surface area contributed by atoms with Gasteiger partial charge in [-0.3, -0.25) is 0 Å². The van der Waals surface area contributed by atoms with E-state index in [-0.39, 0.29) is 16.9 Å². The zero-order valence-corrected chi connectivity index (χ0v) is 14.3. The molecule has 1 atom stereocenters. The fraction of sp³-hybridized carbons (Fsp3) is 0.538. The second-order valence-corrected chi connectivity index (χ2v) is 7.82. The molecular weight excluding hydrogens is 366 g/mol. The fourth-order valence-corrected chi connectivity index (χ4v) is 4.84. The number of sulfonamides is 1. The molecule has 0 saturated carbocycles. The first-order chi connectivity index (χ1) is 9.45. The fourth-order valence-electron chi connectivity index (χ4n) is 2.14. The summed E-state index contributed by atoms with van der Waals surface area (Å²) in [6, 6.07) is 5.16. The van der Waals surface area contributed by atoms with Crippen LogP contribution in [0, 0.1) is 0 Å². The topological polar surface area (TPSA) is 46.6 Å². The number of nitrogens with zero attached hydrogens (tertiary/aromatic N) is 1. The highest BCUT2D eigenvalue weighted by molar-refractivity contribution is 9.10. The van der Waals surface area contributed by atoms with Crippen LogP contribution in [0.15, 0.2) is 27.6 Å². The molecule has 1 heterocycles. The lowest BCUT2D eigenvalue weighted by Gasteiger charge is -2.22. The Balaban J connectivity index is 2.38. The maximum atomic E-state index is 12.8. The summed E-state index contributed by atoms with van der Waals surface area (Å²) in [5.41, 5.74) is 0.785. The van der Waals surface area contributed by atoms with Crippen molar-refractivity contribution in [2.75, 3.05) is 19.7 Å². The molecule has 4 nitrogen and oxygen atoms in total. The Morgan fingerprint density at radius 2 is 2.25 bits per heavy atom. The van der Waals surface area contributed by atoms with E-state index in [1.807, 2.05) is 13.0 Å². The van der Waals surface area contributed by atoms with Crippen LogP contribution in [0.2, 0.25) is 0 Å². The molecule has 0 amide bonds. The molecule has 1 aliphatic heterocycles. The summed E-state index contributed by atoms with van der Waals surface area (Å²) in [5.74, 6) is 0.287. The number of hydrogen-bond donors (Lipinski definition) is 0. The monoisotopic (exact) mass is 381 g/mol. The number of benzene rings is 1. The van der Waals surface area contributed by atoms with Crippen LogP contribution in [0.5, 0.6) is 0 Å². The third-order valence-corrected chi connectivity index (χ3v) is 6.35. The Bertz CT molecular complexity index is 579. The predicted molar refractivity (Wildman–Crippen MR) is 82.5 cm³/mol. The number of alkyl halides is 1. The molecule has 1 aliphatic rings. The minimum absolute atomic E-state index is 0.0951. The van der Waals surface area contributed by atoms with E-state index in [1.165, 1.54) is 4.31 Å². The van der Waals surface area contributed by atoms with E-state index < -0.39 is 10.0 Å². The van der Waals surface area contributed by atoms with Crippen molar-refractivity contribution < 1.29 is 13.2 Å². The summed E-state index contributed by atoms with van der Waals surface area (Å²) in [6.07, 6.45) is 0.610. The Kier molecular flexibility index (Phi) is 5.48. The lowest BCUT2D eigenvalue weighted by molar-refractivity contribution is 0.0752. The SMILES string of the molecule is CC1CN(S(=O)(=O)c2cc(CCl)ccc2Br)CCCO1. The Hall–Kier alpha value is -0.140. The maximum absolute atomic E-state index is 12.8. The van der Waals surface area contributed by atoms with E-state index in [4.69, 9.17) is 16.3 Å². The van der Waals surface area contributed by atoms with Crippen LogP contribution < -0.4 is 0 Å². The molecule has 1 aromatic rings. The van der Waals surface area contributed by atoms with Gasteiger partial charge in [0.2, 0.25) is 10.0 Å². The number of ether oxygens (including phenoxy) is 1. The van der Waals surface area contributed by atoms with Crippen molar-refractivity contribution >= 4 is 37.6 Å². The zero-order chi connectivity index (χ0) is 14.8. The van der Waals surface area contributed by atoms with Crippen molar-refractivity contribution in [1.29, 1.82) is 0 Å². The molecule has 0 bridgehead atoms. The van der Waals surface area contributed by atoms with E-state index in [1.54, 1.807) is 12.1 Å². The minimum atomic E-state index is -3.53. The smallest absolute Gasteiger partial charge is 0.244 e. The second-order valence-electron chi connectivity index (χ2n) is 4.80. The summed E-state index contributed by atoms with van der Waals surface area (Å²) < 4.78 is 33.1. The van der Waals surface area contributed by atoms with Gasteiger partial charge >= 0.3 is 0 Å². The van der Waals surface area contributed by atoms with Crippen molar-refractivity contribution in [3.63, 3.8) is 0 Å². The third-order valence-electron chi connectivity index (χ3n) is 3.18. The molecule has 1 unspecified atom stereocenters. The van der Waals surface area contributed by atoms with Gasteiger partial charge in [-0.1, -0.05) is 6.07 Å². The normalized spacial score (nSPS) is 21.6. The summed E-state index contributed by atoms with van der Waals surface area (Å²) in [6.45, 7) is 3.33. The van der Waals surface area contributed by atoms with Crippen molar-refractivity contribution in [2.24, 2.45) is 0 Å². The van der Waals surface area contributed by atoms with Gasteiger partial charge in [0.15, 0.2) is 0 Å². The van der Waals surface area contributed by atoms with Gasteiger partial charge in [-0.15, -0.1) is 11.6 Å². The first kappa shape index (κ1) is 16.2. The summed E-state index contributed by atoms with van der Waals surface area (Å²) in [4.78, 5) is 0.268. The molecule has 0 N–H and O–H groups in total. The van der Waals surface area contributed by atoms with Crippen LogP contribution in [0.25, 0.3) is 0 Å². The molecule has 0 aliphatic carbocycles. The zero-order valence-electron chi connectivity index (χ0n) is 11.2. The lowest BCUT2D eigenvalue weighted by atomic mass is 10.2. The standard InChI is InChI=1S/C13H17BrClNO3S/c1-10-9-16(5-2-6-19-10)20(17,18)13-7-11(8-15)3-4-12(13)14/h3-4,7,10H,2,5-6,8-9H2,1H3. The van der Waals surface area contributed by atoms with Gasteiger partial charge < -0.3 is 4.74 Å². The first-order valence-electron chi connectivity index (χ1n) is 6.41. The average Bonchev–Trinajstić information content (AvgIpc) is 2.64. The van der Waals surface area contributed by atoms with E-state index in [9.17, 15) is 8.42 Å². The first-order valence-corrected chi connectivity index (χ1v) is 9.18.